The Morgan fingerprint density at radius 1 is 1.50 bits per heavy atom. The van der Waals surface area contributed by atoms with Gasteiger partial charge < -0.3 is 4.57 Å². The highest BCUT2D eigenvalue weighted by Crippen LogP contribution is 2.33. The molecule has 1 aromatic carbocycles. The number of nitro groups is 1. The Labute approximate surface area is 103 Å². The van der Waals surface area contributed by atoms with Gasteiger partial charge in [-0.1, -0.05) is 0 Å². The lowest BCUT2D eigenvalue weighted by molar-refractivity contribution is -0.384. The van der Waals surface area contributed by atoms with Gasteiger partial charge in [-0.2, -0.15) is 5.26 Å². The molecule has 18 heavy (non-hydrogen) atoms. The van der Waals surface area contributed by atoms with E-state index in [9.17, 15) is 10.1 Å². The summed E-state index contributed by atoms with van der Waals surface area (Å²) in [5.41, 5.74) is 1.45. The van der Waals surface area contributed by atoms with E-state index in [0.29, 0.717) is 16.9 Å². The SMILES string of the molecule is N#Cc1cn(CC2CC2)c2ccc([N+](=O)[O-])cc12. The molecule has 1 saturated carbocycles. The van der Waals surface area contributed by atoms with Crippen molar-refractivity contribution in [2.75, 3.05) is 0 Å². The van der Waals surface area contributed by atoms with E-state index < -0.39 is 4.92 Å². The molecular formula is C13H11N3O2. The van der Waals surface area contributed by atoms with Crippen molar-refractivity contribution in [2.24, 2.45) is 5.92 Å². The van der Waals surface area contributed by atoms with Crippen LogP contribution in [0, 0.1) is 27.4 Å². The first-order valence-electron chi connectivity index (χ1n) is 5.86. The molecular weight excluding hydrogens is 230 g/mol. The maximum atomic E-state index is 10.8. The summed E-state index contributed by atoms with van der Waals surface area (Å²) in [5, 5.41) is 20.5. The van der Waals surface area contributed by atoms with Crippen LogP contribution in [0.15, 0.2) is 24.4 Å². The number of nitro benzene ring substituents is 1. The molecule has 0 bridgehead atoms. The lowest BCUT2D eigenvalue weighted by Crippen LogP contribution is -1.97. The standard InChI is InChI=1S/C13H11N3O2/c14-6-10-8-15(7-9-1-2-9)13-4-3-11(16(17)18)5-12(10)13/h3-5,8-9H,1-2,7H2. The number of fused-ring (bicyclic) bond motifs is 1. The average molecular weight is 241 g/mol. The van der Waals surface area contributed by atoms with Gasteiger partial charge in [0.2, 0.25) is 0 Å². The maximum absolute atomic E-state index is 10.8. The van der Waals surface area contributed by atoms with Crippen LogP contribution >= 0.6 is 0 Å². The summed E-state index contributed by atoms with van der Waals surface area (Å²) in [6.07, 6.45) is 4.26. The van der Waals surface area contributed by atoms with Crippen molar-refractivity contribution in [3.63, 3.8) is 0 Å². The summed E-state index contributed by atoms with van der Waals surface area (Å²) >= 11 is 0. The second-order valence-corrected chi connectivity index (χ2v) is 4.71. The Hall–Kier alpha value is -2.35. The minimum Gasteiger partial charge on any atom is -0.346 e. The normalized spacial score (nSPS) is 14.6. The zero-order valence-electron chi connectivity index (χ0n) is 9.67. The van der Waals surface area contributed by atoms with Crippen molar-refractivity contribution in [2.45, 2.75) is 19.4 Å². The van der Waals surface area contributed by atoms with Crippen molar-refractivity contribution < 1.29 is 4.92 Å². The predicted molar refractivity (Wildman–Crippen MR) is 66.0 cm³/mol. The number of rotatable bonds is 3. The molecule has 0 radical (unpaired) electrons. The summed E-state index contributed by atoms with van der Waals surface area (Å²) in [5.74, 6) is 0.697. The van der Waals surface area contributed by atoms with Crippen molar-refractivity contribution in [1.29, 1.82) is 5.26 Å². The van der Waals surface area contributed by atoms with Crippen LogP contribution in [0.5, 0.6) is 0 Å². The third kappa shape index (κ3) is 1.72. The Balaban J connectivity index is 2.15. The van der Waals surface area contributed by atoms with Gasteiger partial charge in [0.15, 0.2) is 0 Å². The van der Waals surface area contributed by atoms with Crippen molar-refractivity contribution in [3.8, 4) is 6.07 Å². The molecule has 0 spiro atoms. The van der Waals surface area contributed by atoms with Gasteiger partial charge in [0.05, 0.1) is 10.5 Å². The molecule has 5 nitrogen and oxygen atoms in total. The number of nitriles is 1. The first kappa shape index (κ1) is 10.8. The van der Waals surface area contributed by atoms with Crippen molar-refractivity contribution >= 4 is 16.6 Å². The van der Waals surface area contributed by atoms with Crippen molar-refractivity contribution in [3.05, 3.63) is 40.1 Å². The quantitative estimate of drug-likeness (QED) is 0.612. The molecule has 1 heterocycles. The van der Waals surface area contributed by atoms with E-state index in [-0.39, 0.29) is 5.69 Å². The summed E-state index contributed by atoms with van der Waals surface area (Å²) < 4.78 is 2.04. The molecule has 1 aromatic heterocycles. The van der Waals surface area contributed by atoms with Gasteiger partial charge in [0.1, 0.15) is 6.07 Å². The van der Waals surface area contributed by atoms with Gasteiger partial charge in [0, 0.05) is 35.8 Å². The van der Waals surface area contributed by atoms with Gasteiger partial charge in [-0.25, -0.2) is 0 Å². The zero-order chi connectivity index (χ0) is 12.7. The first-order chi connectivity index (χ1) is 8.69. The monoisotopic (exact) mass is 241 g/mol. The second kappa shape index (κ2) is 3.84. The Morgan fingerprint density at radius 2 is 2.28 bits per heavy atom. The van der Waals surface area contributed by atoms with E-state index in [1.165, 1.54) is 25.0 Å². The minimum atomic E-state index is -0.432. The lowest BCUT2D eigenvalue weighted by atomic mass is 10.2. The highest BCUT2D eigenvalue weighted by atomic mass is 16.6. The fourth-order valence-corrected chi connectivity index (χ4v) is 2.22. The third-order valence-electron chi connectivity index (χ3n) is 3.35. The zero-order valence-corrected chi connectivity index (χ0v) is 9.67. The average Bonchev–Trinajstić information content (AvgIpc) is 3.11. The molecule has 0 unspecified atom stereocenters. The van der Waals surface area contributed by atoms with Gasteiger partial charge in [-0.3, -0.25) is 10.1 Å². The smallest absolute Gasteiger partial charge is 0.270 e. The second-order valence-electron chi connectivity index (χ2n) is 4.71. The van der Waals surface area contributed by atoms with Gasteiger partial charge >= 0.3 is 0 Å². The van der Waals surface area contributed by atoms with Gasteiger partial charge in [0.25, 0.3) is 5.69 Å². The lowest BCUT2D eigenvalue weighted by Gasteiger charge is -2.02. The molecule has 2 aromatic rings. The number of aromatic nitrogens is 1. The van der Waals surface area contributed by atoms with Crippen LogP contribution in [0.1, 0.15) is 18.4 Å². The molecule has 1 fully saturated rings. The molecule has 1 aliphatic rings. The molecule has 90 valence electrons. The van der Waals surface area contributed by atoms with Gasteiger partial charge in [-0.05, 0) is 24.8 Å². The van der Waals surface area contributed by atoms with E-state index in [4.69, 9.17) is 5.26 Å². The summed E-state index contributed by atoms with van der Waals surface area (Å²) in [4.78, 5) is 10.3. The van der Waals surface area contributed by atoms with Crippen LogP contribution in [0.25, 0.3) is 10.9 Å². The summed E-state index contributed by atoms with van der Waals surface area (Å²) in [6.45, 7) is 0.899. The Bertz CT molecular complexity index is 677. The predicted octanol–water partition coefficient (Wildman–Crippen LogP) is 2.83. The number of hydrogen-bond donors (Lipinski definition) is 0. The van der Waals surface area contributed by atoms with E-state index in [1.807, 2.05) is 4.57 Å². The number of nitrogens with zero attached hydrogens (tertiary/aromatic N) is 3. The topological polar surface area (TPSA) is 71.9 Å². The maximum Gasteiger partial charge on any atom is 0.270 e. The van der Waals surface area contributed by atoms with E-state index in [1.54, 1.807) is 12.3 Å². The van der Waals surface area contributed by atoms with E-state index >= 15 is 0 Å². The third-order valence-corrected chi connectivity index (χ3v) is 3.35. The first-order valence-corrected chi connectivity index (χ1v) is 5.86. The Kier molecular flexibility index (Phi) is 2.30. The van der Waals surface area contributed by atoms with Crippen LogP contribution in [0.2, 0.25) is 0 Å². The molecule has 0 atom stereocenters. The highest BCUT2D eigenvalue weighted by molar-refractivity contribution is 5.88. The number of benzene rings is 1. The van der Waals surface area contributed by atoms with E-state index in [2.05, 4.69) is 6.07 Å². The fourth-order valence-electron chi connectivity index (χ4n) is 2.22. The molecule has 0 N–H and O–H groups in total. The summed E-state index contributed by atoms with van der Waals surface area (Å²) in [6, 6.07) is 6.82. The fraction of sp³-hybridized carbons (Fsp3) is 0.308. The van der Waals surface area contributed by atoms with Crippen LogP contribution in [-0.4, -0.2) is 9.49 Å². The minimum absolute atomic E-state index is 0.0307. The van der Waals surface area contributed by atoms with Crippen molar-refractivity contribution in [1.82, 2.24) is 4.57 Å². The molecule has 0 amide bonds. The number of hydrogen-bond acceptors (Lipinski definition) is 3. The number of non-ortho nitro benzene ring substituents is 1. The van der Waals surface area contributed by atoms with Crippen LogP contribution < -0.4 is 0 Å². The molecule has 0 aliphatic heterocycles. The van der Waals surface area contributed by atoms with Crippen LogP contribution in [-0.2, 0) is 6.54 Å². The van der Waals surface area contributed by atoms with Crippen LogP contribution in [0.4, 0.5) is 5.69 Å². The summed E-state index contributed by atoms with van der Waals surface area (Å²) in [7, 11) is 0. The van der Waals surface area contributed by atoms with Crippen LogP contribution in [0.3, 0.4) is 0 Å². The Morgan fingerprint density at radius 3 is 2.89 bits per heavy atom. The largest absolute Gasteiger partial charge is 0.346 e. The molecule has 0 saturated heterocycles. The molecule has 3 rings (SSSR count). The molecule has 1 aliphatic carbocycles. The molecule has 5 heteroatoms. The van der Waals surface area contributed by atoms with Gasteiger partial charge in [-0.15, -0.1) is 0 Å². The highest BCUT2D eigenvalue weighted by Gasteiger charge is 2.23. The van der Waals surface area contributed by atoms with E-state index in [0.717, 1.165) is 12.1 Å².